The molecule has 0 fully saturated rings. The second-order valence-electron chi connectivity index (χ2n) is 5.25. The quantitative estimate of drug-likeness (QED) is 0.714. The summed E-state index contributed by atoms with van der Waals surface area (Å²) in [5.74, 6) is -0.638. The van der Waals surface area contributed by atoms with E-state index in [9.17, 15) is 14.4 Å². The molecule has 0 atom stereocenters. The molecule has 0 saturated carbocycles. The van der Waals surface area contributed by atoms with E-state index in [-0.39, 0.29) is 37.6 Å². The molecule has 25 heavy (non-hydrogen) atoms. The standard InChI is InChI=1S/C17H20N2O6/c1-3-23-16(21)13-8-18-17(22)19-14(13)9-25-15(20)10-24-12-6-4-5-11(2)7-12/h4-7H,3,8-10H2,1-2H3,(H2,18,19,22). The summed E-state index contributed by atoms with van der Waals surface area (Å²) in [7, 11) is 0. The fourth-order valence-electron chi connectivity index (χ4n) is 2.11. The van der Waals surface area contributed by atoms with Gasteiger partial charge in [-0.2, -0.15) is 0 Å². The number of rotatable bonds is 7. The number of hydrogen-bond acceptors (Lipinski definition) is 6. The summed E-state index contributed by atoms with van der Waals surface area (Å²) < 4.78 is 15.3. The summed E-state index contributed by atoms with van der Waals surface area (Å²) in [6.45, 7) is 3.27. The maximum absolute atomic E-state index is 11.9. The van der Waals surface area contributed by atoms with Crippen molar-refractivity contribution in [1.82, 2.24) is 10.6 Å². The van der Waals surface area contributed by atoms with Crippen LogP contribution < -0.4 is 15.4 Å². The van der Waals surface area contributed by atoms with E-state index in [0.29, 0.717) is 5.75 Å². The molecule has 2 rings (SSSR count). The minimum absolute atomic E-state index is 0.0113. The lowest BCUT2D eigenvalue weighted by Crippen LogP contribution is -2.45. The summed E-state index contributed by atoms with van der Waals surface area (Å²) in [4.78, 5) is 35.1. The van der Waals surface area contributed by atoms with Gasteiger partial charge in [-0.3, -0.25) is 0 Å². The zero-order valence-electron chi connectivity index (χ0n) is 14.1. The highest BCUT2D eigenvalue weighted by Gasteiger charge is 2.24. The first-order valence-electron chi connectivity index (χ1n) is 7.78. The van der Waals surface area contributed by atoms with Gasteiger partial charge >= 0.3 is 18.0 Å². The number of esters is 2. The molecular weight excluding hydrogens is 328 g/mol. The second kappa shape index (κ2) is 8.72. The zero-order valence-corrected chi connectivity index (χ0v) is 14.1. The monoisotopic (exact) mass is 348 g/mol. The first-order valence-corrected chi connectivity index (χ1v) is 7.78. The van der Waals surface area contributed by atoms with Crippen LogP contribution in [0, 0.1) is 6.92 Å². The Hall–Kier alpha value is -3.03. The topological polar surface area (TPSA) is 103 Å². The van der Waals surface area contributed by atoms with Gasteiger partial charge in [0, 0.05) is 0 Å². The van der Waals surface area contributed by atoms with Gasteiger partial charge in [-0.15, -0.1) is 0 Å². The average molecular weight is 348 g/mol. The molecule has 1 heterocycles. The van der Waals surface area contributed by atoms with Crippen molar-refractivity contribution < 1.29 is 28.6 Å². The third kappa shape index (κ3) is 5.52. The first kappa shape index (κ1) is 18.3. The lowest BCUT2D eigenvalue weighted by molar-refractivity contribution is -0.145. The first-order chi connectivity index (χ1) is 12.0. The van der Waals surface area contributed by atoms with Gasteiger partial charge < -0.3 is 24.8 Å². The van der Waals surface area contributed by atoms with Gasteiger partial charge in [-0.25, -0.2) is 14.4 Å². The Morgan fingerprint density at radius 2 is 2.04 bits per heavy atom. The number of ether oxygens (including phenoxy) is 3. The van der Waals surface area contributed by atoms with Crippen molar-refractivity contribution in [1.29, 1.82) is 0 Å². The Labute approximate surface area is 145 Å². The highest BCUT2D eigenvalue weighted by atomic mass is 16.6. The molecule has 0 radical (unpaired) electrons. The molecule has 8 nitrogen and oxygen atoms in total. The van der Waals surface area contributed by atoms with E-state index in [4.69, 9.17) is 14.2 Å². The number of hydrogen-bond donors (Lipinski definition) is 2. The number of aryl methyl sites for hydroxylation is 1. The van der Waals surface area contributed by atoms with Crippen LogP contribution >= 0.6 is 0 Å². The molecule has 1 aromatic carbocycles. The molecule has 134 valence electrons. The van der Waals surface area contributed by atoms with Crippen LogP contribution in [0.3, 0.4) is 0 Å². The van der Waals surface area contributed by atoms with Crippen LogP contribution in [0.2, 0.25) is 0 Å². The number of urea groups is 1. The van der Waals surface area contributed by atoms with Gasteiger partial charge in [0.05, 0.1) is 24.4 Å². The van der Waals surface area contributed by atoms with Crippen LogP contribution in [0.1, 0.15) is 12.5 Å². The van der Waals surface area contributed by atoms with Crippen LogP contribution in [0.25, 0.3) is 0 Å². The minimum atomic E-state index is -0.620. The highest BCUT2D eigenvalue weighted by Crippen LogP contribution is 2.12. The maximum atomic E-state index is 11.9. The van der Waals surface area contributed by atoms with Crippen molar-refractivity contribution in [2.45, 2.75) is 13.8 Å². The Bertz CT molecular complexity index is 698. The number of amides is 2. The molecule has 0 unspecified atom stereocenters. The second-order valence-corrected chi connectivity index (χ2v) is 5.25. The van der Waals surface area contributed by atoms with Gasteiger partial charge in [0.1, 0.15) is 12.4 Å². The van der Waals surface area contributed by atoms with Gasteiger partial charge in [-0.1, -0.05) is 12.1 Å². The Balaban J connectivity index is 1.91. The largest absolute Gasteiger partial charge is 0.482 e. The molecule has 1 aliphatic rings. The van der Waals surface area contributed by atoms with Crippen molar-refractivity contribution in [2.75, 3.05) is 26.4 Å². The number of nitrogens with one attached hydrogen (secondary N) is 2. The van der Waals surface area contributed by atoms with E-state index in [2.05, 4.69) is 10.6 Å². The normalized spacial score (nSPS) is 13.6. The Morgan fingerprint density at radius 3 is 2.76 bits per heavy atom. The fourth-order valence-corrected chi connectivity index (χ4v) is 2.11. The van der Waals surface area contributed by atoms with Crippen molar-refractivity contribution >= 4 is 18.0 Å². The van der Waals surface area contributed by atoms with Gasteiger partial charge in [0.15, 0.2) is 6.61 Å². The van der Waals surface area contributed by atoms with Gasteiger partial charge in [-0.05, 0) is 31.5 Å². The average Bonchev–Trinajstić information content (AvgIpc) is 2.58. The predicted molar refractivity (Wildman–Crippen MR) is 87.8 cm³/mol. The Morgan fingerprint density at radius 1 is 1.24 bits per heavy atom. The molecule has 1 aliphatic heterocycles. The lowest BCUT2D eigenvalue weighted by Gasteiger charge is -2.21. The smallest absolute Gasteiger partial charge is 0.344 e. The molecular formula is C17H20N2O6. The maximum Gasteiger partial charge on any atom is 0.344 e. The van der Waals surface area contributed by atoms with Crippen molar-refractivity contribution in [3.05, 3.63) is 41.1 Å². The molecule has 2 N–H and O–H groups in total. The van der Waals surface area contributed by atoms with Gasteiger partial charge in [0.2, 0.25) is 0 Å². The molecule has 0 aliphatic carbocycles. The van der Waals surface area contributed by atoms with Crippen molar-refractivity contribution in [3.8, 4) is 5.75 Å². The van der Waals surface area contributed by atoms with Crippen molar-refractivity contribution in [3.63, 3.8) is 0 Å². The molecule has 0 saturated heterocycles. The minimum Gasteiger partial charge on any atom is -0.482 e. The summed E-state index contributed by atoms with van der Waals surface area (Å²) >= 11 is 0. The van der Waals surface area contributed by atoms with Gasteiger partial charge in [0.25, 0.3) is 0 Å². The summed E-state index contributed by atoms with van der Waals surface area (Å²) in [6, 6.07) is 6.77. The van der Waals surface area contributed by atoms with E-state index >= 15 is 0 Å². The molecule has 0 spiro atoms. The summed E-state index contributed by atoms with van der Waals surface area (Å²) in [5, 5.41) is 4.92. The van der Waals surface area contributed by atoms with E-state index < -0.39 is 18.0 Å². The summed E-state index contributed by atoms with van der Waals surface area (Å²) in [5.41, 5.74) is 1.42. The van der Waals surface area contributed by atoms with Crippen LogP contribution in [-0.2, 0) is 19.1 Å². The molecule has 1 aromatic rings. The third-order valence-corrected chi connectivity index (χ3v) is 3.30. The third-order valence-electron chi connectivity index (χ3n) is 3.30. The van der Waals surface area contributed by atoms with Crippen LogP contribution in [-0.4, -0.2) is 44.3 Å². The van der Waals surface area contributed by atoms with E-state index in [1.165, 1.54) is 0 Å². The van der Waals surface area contributed by atoms with E-state index in [1.807, 2.05) is 19.1 Å². The van der Waals surface area contributed by atoms with Crippen LogP contribution in [0.4, 0.5) is 4.79 Å². The summed E-state index contributed by atoms with van der Waals surface area (Å²) in [6.07, 6.45) is 0. The number of benzene rings is 1. The number of carbonyl (C=O) groups excluding carboxylic acids is 3. The van der Waals surface area contributed by atoms with E-state index in [1.54, 1.807) is 19.1 Å². The SMILES string of the molecule is CCOC(=O)C1=C(COC(=O)COc2cccc(C)c2)NC(=O)NC1. The van der Waals surface area contributed by atoms with Crippen molar-refractivity contribution in [2.24, 2.45) is 0 Å². The van der Waals surface area contributed by atoms with Crippen LogP contribution in [0.5, 0.6) is 5.75 Å². The van der Waals surface area contributed by atoms with E-state index in [0.717, 1.165) is 5.56 Å². The van der Waals surface area contributed by atoms with Crippen LogP contribution in [0.15, 0.2) is 35.5 Å². The zero-order chi connectivity index (χ0) is 18.2. The molecule has 8 heteroatoms. The molecule has 0 aromatic heterocycles. The lowest BCUT2D eigenvalue weighted by atomic mass is 10.2. The highest BCUT2D eigenvalue weighted by molar-refractivity contribution is 5.93. The molecule has 2 amide bonds. The predicted octanol–water partition coefficient (Wildman–Crippen LogP) is 1.05. The Kier molecular flexibility index (Phi) is 6.39. The number of carbonyl (C=O) groups is 3. The fraction of sp³-hybridized carbons (Fsp3) is 0.353. The molecule has 0 bridgehead atoms.